The second-order valence-corrected chi connectivity index (χ2v) is 5.06. The highest BCUT2D eigenvalue weighted by Crippen LogP contribution is 2.20. The van der Waals surface area contributed by atoms with Crippen LogP contribution in [0.25, 0.3) is 0 Å². The van der Waals surface area contributed by atoms with Crippen molar-refractivity contribution in [2.24, 2.45) is 0 Å². The highest BCUT2D eigenvalue weighted by molar-refractivity contribution is 5.99. The van der Waals surface area contributed by atoms with Crippen molar-refractivity contribution in [1.82, 2.24) is 0 Å². The summed E-state index contributed by atoms with van der Waals surface area (Å²) in [6.45, 7) is 4.35. The summed E-state index contributed by atoms with van der Waals surface area (Å²) in [5, 5.41) is 0. The number of ketones is 1. The lowest BCUT2D eigenvalue weighted by atomic mass is 10.1. The molecule has 0 amide bonds. The molecule has 2 aromatic carbocycles. The van der Waals surface area contributed by atoms with Gasteiger partial charge >= 0.3 is 0 Å². The molecule has 0 bridgehead atoms. The van der Waals surface area contributed by atoms with Gasteiger partial charge in [-0.2, -0.15) is 0 Å². The van der Waals surface area contributed by atoms with Crippen LogP contribution in [-0.2, 0) is 11.3 Å². The average molecular weight is 284 g/mol. The van der Waals surface area contributed by atoms with Gasteiger partial charge in [-0.3, -0.25) is 4.79 Å². The third-order valence-corrected chi connectivity index (χ3v) is 2.89. The van der Waals surface area contributed by atoms with Crippen molar-refractivity contribution in [3.63, 3.8) is 0 Å². The van der Waals surface area contributed by atoms with Gasteiger partial charge in [0, 0.05) is 0 Å². The second-order valence-electron chi connectivity index (χ2n) is 5.06. The molecule has 0 fully saturated rings. The molecule has 0 heterocycles. The van der Waals surface area contributed by atoms with Gasteiger partial charge in [-0.15, -0.1) is 0 Å². The van der Waals surface area contributed by atoms with Gasteiger partial charge < -0.3 is 9.47 Å². The van der Waals surface area contributed by atoms with E-state index in [1.807, 2.05) is 62.4 Å². The van der Waals surface area contributed by atoms with Gasteiger partial charge in [-0.25, -0.2) is 0 Å². The number of rotatable bonds is 7. The van der Waals surface area contributed by atoms with E-state index in [1.54, 1.807) is 6.07 Å². The van der Waals surface area contributed by atoms with Gasteiger partial charge in [0.2, 0.25) is 0 Å². The lowest BCUT2D eigenvalue weighted by Gasteiger charge is -2.13. The molecule has 0 radical (unpaired) electrons. The van der Waals surface area contributed by atoms with E-state index in [-0.39, 0.29) is 18.5 Å². The highest BCUT2D eigenvalue weighted by atomic mass is 16.5. The maximum absolute atomic E-state index is 12.2. The van der Waals surface area contributed by atoms with Crippen LogP contribution in [0.5, 0.6) is 5.75 Å². The second kappa shape index (κ2) is 7.60. The van der Waals surface area contributed by atoms with Crippen LogP contribution in [0.1, 0.15) is 29.8 Å². The highest BCUT2D eigenvalue weighted by Gasteiger charge is 2.13. The molecule has 110 valence electrons. The van der Waals surface area contributed by atoms with Crippen molar-refractivity contribution in [2.75, 3.05) is 6.61 Å². The SMILES string of the molecule is CC(C)Oc1ccccc1C(=O)COCc1ccccc1. The van der Waals surface area contributed by atoms with Crippen molar-refractivity contribution in [1.29, 1.82) is 0 Å². The number of Topliss-reactive ketones (excluding diaryl/α,β-unsaturated/α-hetero) is 1. The molecule has 0 N–H and O–H groups in total. The number of para-hydroxylation sites is 1. The molecule has 0 aliphatic rings. The van der Waals surface area contributed by atoms with Gasteiger partial charge in [-0.05, 0) is 31.5 Å². The Morgan fingerprint density at radius 2 is 1.67 bits per heavy atom. The fraction of sp³-hybridized carbons (Fsp3) is 0.278. The molecule has 0 saturated heterocycles. The fourth-order valence-corrected chi connectivity index (χ4v) is 1.97. The monoisotopic (exact) mass is 284 g/mol. The Morgan fingerprint density at radius 1 is 1.00 bits per heavy atom. The summed E-state index contributed by atoms with van der Waals surface area (Å²) in [6.07, 6.45) is 0.0317. The Hall–Kier alpha value is -2.13. The Labute approximate surface area is 125 Å². The molecule has 0 atom stereocenters. The van der Waals surface area contributed by atoms with Crippen LogP contribution in [0.2, 0.25) is 0 Å². The number of carbonyl (C=O) groups is 1. The minimum Gasteiger partial charge on any atom is -0.490 e. The average Bonchev–Trinajstić information content (AvgIpc) is 2.48. The van der Waals surface area contributed by atoms with E-state index in [1.165, 1.54) is 0 Å². The number of benzene rings is 2. The predicted molar refractivity (Wildman–Crippen MR) is 82.6 cm³/mol. The zero-order valence-corrected chi connectivity index (χ0v) is 12.4. The normalized spacial score (nSPS) is 10.6. The Kier molecular flexibility index (Phi) is 5.52. The van der Waals surface area contributed by atoms with Gasteiger partial charge in [0.15, 0.2) is 5.78 Å². The summed E-state index contributed by atoms with van der Waals surface area (Å²) in [7, 11) is 0. The molecule has 0 spiro atoms. The molecular weight excluding hydrogens is 264 g/mol. The number of carbonyl (C=O) groups excluding carboxylic acids is 1. The zero-order valence-electron chi connectivity index (χ0n) is 12.4. The standard InChI is InChI=1S/C18H20O3/c1-14(2)21-18-11-7-6-10-16(18)17(19)13-20-12-15-8-4-3-5-9-15/h3-11,14H,12-13H2,1-2H3. The maximum atomic E-state index is 12.2. The van der Waals surface area contributed by atoms with E-state index in [2.05, 4.69) is 0 Å². The van der Waals surface area contributed by atoms with Crippen LogP contribution in [0.4, 0.5) is 0 Å². The zero-order chi connectivity index (χ0) is 15.1. The molecule has 0 unspecified atom stereocenters. The largest absolute Gasteiger partial charge is 0.490 e. The lowest BCUT2D eigenvalue weighted by molar-refractivity contribution is 0.0721. The van der Waals surface area contributed by atoms with E-state index >= 15 is 0 Å². The first-order valence-corrected chi connectivity index (χ1v) is 7.07. The minimum absolute atomic E-state index is 0.0317. The van der Waals surface area contributed by atoms with Crippen LogP contribution in [0.15, 0.2) is 54.6 Å². The van der Waals surface area contributed by atoms with E-state index in [9.17, 15) is 4.79 Å². The minimum atomic E-state index is -0.0674. The summed E-state index contributed by atoms with van der Waals surface area (Å²) in [6, 6.07) is 17.1. The van der Waals surface area contributed by atoms with Crippen molar-refractivity contribution >= 4 is 5.78 Å². The van der Waals surface area contributed by atoms with Crippen LogP contribution in [0, 0.1) is 0 Å². The smallest absolute Gasteiger partial charge is 0.192 e. The van der Waals surface area contributed by atoms with Crippen LogP contribution < -0.4 is 4.74 Å². The fourth-order valence-electron chi connectivity index (χ4n) is 1.97. The Bertz CT molecular complexity index is 576. The van der Waals surface area contributed by atoms with Gasteiger partial charge in [0.1, 0.15) is 12.4 Å². The van der Waals surface area contributed by atoms with Crippen LogP contribution in [-0.4, -0.2) is 18.5 Å². The molecule has 3 heteroatoms. The molecule has 0 aliphatic carbocycles. The summed E-state index contributed by atoms with van der Waals surface area (Å²) >= 11 is 0. The number of hydrogen-bond acceptors (Lipinski definition) is 3. The molecule has 2 aromatic rings. The van der Waals surface area contributed by atoms with Gasteiger partial charge in [0.25, 0.3) is 0 Å². The molecule has 0 saturated carbocycles. The van der Waals surface area contributed by atoms with Crippen molar-refractivity contribution in [2.45, 2.75) is 26.6 Å². The lowest BCUT2D eigenvalue weighted by Crippen LogP contribution is -2.13. The number of ether oxygens (including phenoxy) is 2. The molecule has 0 aliphatic heterocycles. The molecular formula is C18H20O3. The van der Waals surface area contributed by atoms with E-state index in [0.29, 0.717) is 17.9 Å². The molecule has 2 rings (SSSR count). The van der Waals surface area contributed by atoms with Crippen LogP contribution >= 0.6 is 0 Å². The summed E-state index contributed by atoms with van der Waals surface area (Å²) in [5.74, 6) is 0.544. The summed E-state index contributed by atoms with van der Waals surface area (Å²) in [5.41, 5.74) is 1.62. The first-order chi connectivity index (χ1) is 10.2. The van der Waals surface area contributed by atoms with E-state index in [0.717, 1.165) is 5.56 Å². The first kappa shape index (κ1) is 15.3. The van der Waals surface area contributed by atoms with Gasteiger partial charge in [0.05, 0.1) is 18.3 Å². The quantitative estimate of drug-likeness (QED) is 0.724. The summed E-state index contributed by atoms with van der Waals surface area (Å²) in [4.78, 5) is 12.2. The topological polar surface area (TPSA) is 35.5 Å². The van der Waals surface area contributed by atoms with E-state index < -0.39 is 0 Å². The molecule has 0 aromatic heterocycles. The Morgan fingerprint density at radius 3 is 2.38 bits per heavy atom. The Balaban J connectivity index is 1.94. The molecule has 3 nitrogen and oxygen atoms in total. The van der Waals surface area contributed by atoms with Crippen molar-refractivity contribution in [3.8, 4) is 5.75 Å². The first-order valence-electron chi connectivity index (χ1n) is 7.07. The summed E-state index contributed by atoms with van der Waals surface area (Å²) < 4.78 is 11.1. The predicted octanol–water partition coefficient (Wildman–Crippen LogP) is 3.87. The van der Waals surface area contributed by atoms with Crippen LogP contribution in [0.3, 0.4) is 0 Å². The third-order valence-electron chi connectivity index (χ3n) is 2.89. The van der Waals surface area contributed by atoms with Crippen molar-refractivity contribution < 1.29 is 14.3 Å². The van der Waals surface area contributed by atoms with E-state index in [4.69, 9.17) is 9.47 Å². The molecule has 21 heavy (non-hydrogen) atoms. The third kappa shape index (κ3) is 4.72. The number of hydrogen-bond donors (Lipinski definition) is 0. The maximum Gasteiger partial charge on any atom is 0.192 e. The van der Waals surface area contributed by atoms with Crippen molar-refractivity contribution in [3.05, 3.63) is 65.7 Å². The van der Waals surface area contributed by atoms with Gasteiger partial charge in [-0.1, -0.05) is 42.5 Å².